The number of amides is 3. The van der Waals surface area contributed by atoms with E-state index < -0.39 is 11.6 Å². The van der Waals surface area contributed by atoms with Crippen LogP contribution in [0.4, 0.5) is 4.79 Å². The van der Waals surface area contributed by atoms with Gasteiger partial charge in [-0.05, 0) is 49.6 Å². The molecule has 2 aliphatic heterocycles. The molecule has 2 aliphatic rings. The van der Waals surface area contributed by atoms with E-state index in [1.54, 1.807) is 18.4 Å². The predicted octanol–water partition coefficient (Wildman–Crippen LogP) is 2.06. The number of imide groups is 1. The molecule has 1 aromatic rings. The number of halogens is 1. The van der Waals surface area contributed by atoms with Crippen LogP contribution in [-0.4, -0.2) is 48.5 Å². The summed E-state index contributed by atoms with van der Waals surface area (Å²) in [5.74, 6) is 0.802. The van der Waals surface area contributed by atoms with Crippen LogP contribution in [0.15, 0.2) is 16.4 Å². The van der Waals surface area contributed by atoms with Crippen LogP contribution in [-0.2, 0) is 11.3 Å². The number of nitrogens with zero attached hydrogens (tertiary/aromatic N) is 2. The van der Waals surface area contributed by atoms with Crippen LogP contribution in [0.1, 0.15) is 30.2 Å². The third-order valence-corrected chi connectivity index (χ3v) is 6.29. The van der Waals surface area contributed by atoms with Gasteiger partial charge in [0.1, 0.15) is 5.54 Å². The van der Waals surface area contributed by atoms with Crippen LogP contribution in [0.25, 0.3) is 0 Å². The average Bonchev–Trinajstić information content (AvgIpc) is 3.12. The van der Waals surface area contributed by atoms with Gasteiger partial charge in [0.25, 0.3) is 5.91 Å². The molecule has 3 rings (SSSR count). The molecule has 0 spiro atoms. The Morgan fingerprint density at radius 2 is 2.12 bits per heavy atom. The second kappa shape index (κ2) is 8.55. The Morgan fingerprint density at radius 3 is 2.62 bits per heavy atom. The highest BCUT2D eigenvalue weighted by atomic mass is 127. The molecule has 3 amide bonds. The van der Waals surface area contributed by atoms with Crippen molar-refractivity contribution in [3.05, 3.63) is 21.9 Å². The molecule has 0 saturated carbocycles. The second-order valence-corrected chi connectivity index (χ2v) is 7.80. The third kappa shape index (κ3) is 4.13. The Bertz CT molecular complexity index is 699. The van der Waals surface area contributed by atoms with Gasteiger partial charge in [-0.15, -0.1) is 35.3 Å². The Balaban J connectivity index is 0.00000243. The molecule has 1 unspecified atom stereocenters. The topological polar surface area (TPSA) is 85.8 Å². The number of aliphatic imine (C=N–C) groups is 1. The van der Waals surface area contributed by atoms with E-state index in [2.05, 4.69) is 44.2 Å². The quantitative estimate of drug-likeness (QED) is 0.262. The van der Waals surface area contributed by atoms with Crippen molar-refractivity contribution in [1.82, 2.24) is 20.9 Å². The monoisotopic (exact) mass is 491 g/mol. The summed E-state index contributed by atoms with van der Waals surface area (Å²) in [6.07, 6.45) is 1.67. The van der Waals surface area contributed by atoms with E-state index in [1.165, 1.54) is 10.4 Å². The number of thiophene rings is 1. The molecule has 0 aromatic carbocycles. The molecule has 0 aliphatic carbocycles. The lowest BCUT2D eigenvalue weighted by Gasteiger charge is -2.39. The summed E-state index contributed by atoms with van der Waals surface area (Å²) < 4.78 is 0. The van der Waals surface area contributed by atoms with Crippen molar-refractivity contribution in [2.24, 2.45) is 10.9 Å². The highest BCUT2D eigenvalue weighted by molar-refractivity contribution is 14.0. The van der Waals surface area contributed by atoms with Crippen LogP contribution in [0.5, 0.6) is 0 Å². The Kier molecular flexibility index (Phi) is 6.89. The smallest absolute Gasteiger partial charge is 0.322 e. The Hall–Kier alpha value is -1.36. The number of rotatable bonds is 3. The van der Waals surface area contributed by atoms with Gasteiger partial charge in [0.15, 0.2) is 5.96 Å². The molecule has 0 bridgehead atoms. The lowest BCUT2D eigenvalue weighted by atomic mass is 9.79. The zero-order chi connectivity index (χ0) is 18.0. The van der Waals surface area contributed by atoms with Gasteiger partial charge in [0.05, 0.1) is 6.54 Å². The van der Waals surface area contributed by atoms with Gasteiger partial charge in [-0.3, -0.25) is 15.1 Å². The third-order valence-electron chi connectivity index (χ3n) is 5.27. The van der Waals surface area contributed by atoms with E-state index in [-0.39, 0.29) is 35.8 Å². The minimum Gasteiger partial charge on any atom is -0.351 e. The largest absolute Gasteiger partial charge is 0.351 e. The number of hydrogen-bond donors (Lipinski definition) is 3. The van der Waals surface area contributed by atoms with Crippen LogP contribution < -0.4 is 16.0 Å². The van der Waals surface area contributed by atoms with Crippen LogP contribution >= 0.6 is 35.3 Å². The van der Waals surface area contributed by atoms with E-state index in [4.69, 9.17) is 0 Å². The summed E-state index contributed by atoms with van der Waals surface area (Å²) in [6.45, 7) is 6.33. The van der Waals surface area contributed by atoms with Crippen molar-refractivity contribution in [2.75, 3.05) is 20.1 Å². The minimum atomic E-state index is -0.797. The molecule has 3 N–H and O–H groups in total. The van der Waals surface area contributed by atoms with Crippen LogP contribution in [0.3, 0.4) is 0 Å². The summed E-state index contributed by atoms with van der Waals surface area (Å²) in [4.78, 5) is 31.5. The fourth-order valence-corrected chi connectivity index (χ4v) is 4.44. The van der Waals surface area contributed by atoms with E-state index in [0.29, 0.717) is 0 Å². The van der Waals surface area contributed by atoms with Gasteiger partial charge in [-0.1, -0.05) is 0 Å². The first-order valence-electron chi connectivity index (χ1n) is 8.56. The number of urea groups is 1. The number of carbonyl (C=O) groups is 2. The van der Waals surface area contributed by atoms with Crippen LogP contribution in [0.2, 0.25) is 0 Å². The highest BCUT2D eigenvalue weighted by Crippen LogP contribution is 2.30. The van der Waals surface area contributed by atoms with Crippen molar-refractivity contribution in [3.8, 4) is 0 Å². The van der Waals surface area contributed by atoms with Crippen molar-refractivity contribution in [3.63, 3.8) is 0 Å². The molecule has 2 fully saturated rings. The zero-order valence-corrected chi connectivity index (χ0v) is 18.4. The van der Waals surface area contributed by atoms with Crippen LogP contribution in [0, 0.1) is 12.8 Å². The average molecular weight is 491 g/mol. The summed E-state index contributed by atoms with van der Waals surface area (Å²) >= 11 is 1.75. The molecule has 0 radical (unpaired) electrons. The second-order valence-electron chi connectivity index (χ2n) is 6.80. The van der Waals surface area contributed by atoms with Gasteiger partial charge in [0, 0.05) is 25.0 Å². The fraction of sp³-hybridized carbons (Fsp3) is 0.588. The molecule has 144 valence electrons. The molecule has 1 atom stereocenters. The summed E-state index contributed by atoms with van der Waals surface area (Å²) in [5, 5.41) is 10.7. The summed E-state index contributed by atoms with van der Waals surface area (Å²) in [7, 11) is 1.79. The summed E-state index contributed by atoms with van der Waals surface area (Å²) in [5.41, 5.74) is 0.497. The molecule has 7 nitrogen and oxygen atoms in total. The standard InChI is InChI=1S/C17H25N5O2S.HI/c1-11-6-9-25-13(11)10-19-15(18-3)22-7-4-12(5-8-22)17(2)14(23)20-16(24)21-17;/h6,9,12H,4-5,7-8,10H2,1-3H3,(H,18,19)(H2,20,21,23,24);1H. The molecule has 1 aromatic heterocycles. The maximum atomic E-state index is 12.1. The molecular weight excluding hydrogens is 465 g/mol. The lowest BCUT2D eigenvalue weighted by molar-refractivity contribution is -0.125. The number of likely N-dealkylation sites (tertiary alicyclic amines) is 1. The van der Waals surface area contributed by atoms with E-state index in [9.17, 15) is 9.59 Å². The Morgan fingerprint density at radius 1 is 1.42 bits per heavy atom. The first-order valence-corrected chi connectivity index (χ1v) is 9.44. The zero-order valence-electron chi connectivity index (χ0n) is 15.3. The number of aryl methyl sites for hydroxylation is 1. The number of guanidine groups is 1. The molecule has 26 heavy (non-hydrogen) atoms. The molecule has 3 heterocycles. The lowest BCUT2D eigenvalue weighted by Crippen LogP contribution is -2.55. The van der Waals surface area contributed by atoms with E-state index >= 15 is 0 Å². The summed E-state index contributed by atoms with van der Waals surface area (Å²) in [6, 6.07) is 1.73. The van der Waals surface area contributed by atoms with Gasteiger partial charge < -0.3 is 15.5 Å². The number of nitrogens with one attached hydrogen (secondary N) is 3. The maximum absolute atomic E-state index is 12.1. The van der Waals surface area contributed by atoms with Gasteiger partial charge >= 0.3 is 6.03 Å². The van der Waals surface area contributed by atoms with Crippen molar-refractivity contribution in [1.29, 1.82) is 0 Å². The molecule has 2 saturated heterocycles. The highest BCUT2D eigenvalue weighted by Gasteiger charge is 2.48. The van der Waals surface area contributed by atoms with E-state index in [0.717, 1.165) is 38.4 Å². The fourth-order valence-electron chi connectivity index (χ4n) is 3.59. The first kappa shape index (κ1) is 20.9. The maximum Gasteiger partial charge on any atom is 0.322 e. The molecule has 9 heteroatoms. The molecular formula is C17H26IN5O2S. The van der Waals surface area contributed by atoms with Crippen molar-refractivity contribution in [2.45, 2.75) is 38.8 Å². The number of piperidine rings is 1. The van der Waals surface area contributed by atoms with Gasteiger partial charge in [-0.25, -0.2) is 4.79 Å². The predicted molar refractivity (Wildman–Crippen MR) is 114 cm³/mol. The minimum absolute atomic E-state index is 0. The first-order chi connectivity index (χ1) is 11.9. The Labute approximate surface area is 175 Å². The van der Waals surface area contributed by atoms with Crippen molar-refractivity contribution >= 4 is 53.2 Å². The van der Waals surface area contributed by atoms with Gasteiger partial charge in [-0.2, -0.15) is 0 Å². The normalized spacial score (nSPS) is 24.1. The number of hydrogen-bond acceptors (Lipinski definition) is 4. The van der Waals surface area contributed by atoms with Crippen molar-refractivity contribution < 1.29 is 9.59 Å². The van der Waals surface area contributed by atoms with Gasteiger partial charge in [0.2, 0.25) is 0 Å². The number of carbonyl (C=O) groups excluding carboxylic acids is 2. The van der Waals surface area contributed by atoms with E-state index in [1.807, 2.05) is 6.92 Å². The SMILES string of the molecule is CN=C(NCc1sccc1C)N1CCC(C2(C)NC(=O)NC2=O)CC1.I.